The number of ketones is 1. The summed E-state index contributed by atoms with van der Waals surface area (Å²) in [5.74, 6) is -0.472. The molecule has 2 fully saturated rings. The molecule has 6 heteroatoms. The Bertz CT molecular complexity index is 1020. The van der Waals surface area contributed by atoms with Crippen molar-refractivity contribution in [2.75, 3.05) is 11.5 Å². The van der Waals surface area contributed by atoms with Crippen LogP contribution in [-0.4, -0.2) is 24.2 Å². The van der Waals surface area contributed by atoms with Crippen LogP contribution in [0.4, 0.5) is 5.69 Å². The SMILES string of the molecule is O=C(COc1ccccc1N1C(=O)[C@H]2[C@H](C1=O)[C@H]1C=C[C@H]2C1)c1ccc(Cl)cc1. The van der Waals surface area contributed by atoms with Crippen molar-refractivity contribution in [2.24, 2.45) is 23.7 Å². The molecule has 0 spiro atoms. The second-order valence-electron chi connectivity index (χ2n) is 7.70. The maximum absolute atomic E-state index is 13.1. The fraction of sp³-hybridized carbons (Fsp3) is 0.261. The number of amides is 2. The summed E-state index contributed by atoms with van der Waals surface area (Å²) in [5.41, 5.74) is 0.887. The lowest BCUT2D eigenvalue weighted by Crippen LogP contribution is -2.33. The topological polar surface area (TPSA) is 63.7 Å². The van der Waals surface area contributed by atoms with E-state index < -0.39 is 0 Å². The Morgan fingerprint density at radius 1 is 0.966 bits per heavy atom. The van der Waals surface area contributed by atoms with Crippen LogP contribution in [-0.2, 0) is 9.59 Å². The van der Waals surface area contributed by atoms with E-state index in [1.807, 2.05) is 0 Å². The number of rotatable bonds is 5. The third kappa shape index (κ3) is 2.88. The first-order valence-electron chi connectivity index (χ1n) is 9.61. The summed E-state index contributed by atoms with van der Waals surface area (Å²) < 4.78 is 5.74. The highest BCUT2D eigenvalue weighted by molar-refractivity contribution is 6.30. The van der Waals surface area contributed by atoms with Gasteiger partial charge in [0, 0.05) is 10.6 Å². The average Bonchev–Trinajstić information content (AvgIpc) is 3.41. The fourth-order valence-corrected chi connectivity index (χ4v) is 4.89. The molecular formula is C23H18ClNO4. The molecule has 29 heavy (non-hydrogen) atoms. The molecular weight excluding hydrogens is 390 g/mol. The number of ether oxygens (including phenoxy) is 1. The van der Waals surface area contributed by atoms with E-state index in [1.54, 1.807) is 48.5 Å². The second kappa shape index (κ2) is 6.85. The van der Waals surface area contributed by atoms with Crippen LogP contribution >= 0.6 is 11.6 Å². The zero-order chi connectivity index (χ0) is 20.1. The Kier molecular flexibility index (Phi) is 4.28. The minimum Gasteiger partial charge on any atom is -0.483 e. The summed E-state index contributed by atoms with van der Waals surface area (Å²) >= 11 is 5.86. The van der Waals surface area contributed by atoms with Crippen molar-refractivity contribution in [3.8, 4) is 5.75 Å². The molecule has 4 atom stereocenters. The number of anilines is 1. The number of allylic oxidation sites excluding steroid dienone is 2. The Balaban J connectivity index is 1.38. The maximum atomic E-state index is 13.1. The highest BCUT2D eigenvalue weighted by atomic mass is 35.5. The number of fused-ring (bicyclic) bond motifs is 5. The van der Waals surface area contributed by atoms with Gasteiger partial charge in [0.25, 0.3) is 0 Å². The minimum absolute atomic E-state index is 0.144. The van der Waals surface area contributed by atoms with E-state index in [1.165, 1.54) is 4.90 Å². The van der Waals surface area contributed by atoms with Crippen LogP contribution in [0.3, 0.4) is 0 Å². The summed E-state index contributed by atoms with van der Waals surface area (Å²) in [6.45, 7) is -0.200. The van der Waals surface area contributed by atoms with Crippen molar-refractivity contribution >= 4 is 34.9 Å². The normalized spacial score (nSPS) is 26.9. The molecule has 2 bridgehead atoms. The van der Waals surface area contributed by atoms with Crippen molar-refractivity contribution in [2.45, 2.75) is 6.42 Å². The van der Waals surface area contributed by atoms with Crippen LogP contribution in [0, 0.1) is 23.7 Å². The Morgan fingerprint density at radius 3 is 2.24 bits per heavy atom. The molecule has 1 saturated heterocycles. The van der Waals surface area contributed by atoms with Gasteiger partial charge in [-0.1, -0.05) is 35.9 Å². The largest absolute Gasteiger partial charge is 0.483 e. The highest BCUT2D eigenvalue weighted by Gasteiger charge is 2.59. The van der Waals surface area contributed by atoms with Gasteiger partial charge in [0.05, 0.1) is 17.5 Å². The molecule has 3 aliphatic rings. The minimum atomic E-state index is -0.277. The molecule has 2 aromatic rings. The number of para-hydroxylation sites is 2. The van der Waals surface area contributed by atoms with Crippen LogP contribution in [0.5, 0.6) is 5.75 Å². The zero-order valence-corrected chi connectivity index (χ0v) is 16.2. The lowest BCUT2D eigenvalue weighted by molar-refractivity contribution is -0.123. The van der Waals surface area contributed by atoms with E-state index >= 15 is 0 Å². The molecule has 2 amide bonds. The quantitative estimate of drug-likeness (QED) is 0.428. The van der Waals surface area contributed by atoms with E-state index in [4.69, 9.17) is 16.3 Å². The van der Waals surface area contributed by atoms with Crippen LogP contribution < -0.4 is 9.64 Å². The third-order valence-electron chi connectivity index (χ3n) is 6.10. The molecule has 5 nitrogen and oxygen atoms in total. The lowest BCUT2D eigenvalue weighted by Gasteiger charge is -2.20. The number of benzene rings is 2. The van der Waals surface area contributed by atoms with Crippen LogP contribution in [0.15, 0.2) is 60.7 Å². The molecule has 2 aromatic carbocycles. The van der Waals surface area contributed by atoms with Gasteiger partial charge in [-0.15, -0.1) is 0 Å². The van der Waals surface area contributed by atoms with Crippen LogP contribution in [0.1, 0.15) is 16.8 Å². The first kappa shape index (κ1) is 18.1. The smallest absolute Gasteiger partial charge is 0.238 e. The van der Waals surface area contributed by atoms with E-state index in [2.05, 4.69) is 12.2 Å². The number of carbonyl (C=O) groups excluding carboxylic acids is 3. The van der Waals surface area contributed by atoms with Crippen LogP contribution in [0.2, 0.25) is 5.02 Å². The van der Waals surface area contributed by atoms with Crippen molar-refractivity contribution in [3.05, 3.63) is 71.3 Å². The van der Waals surface area contributed by atoms with Crippen molar-refractivity contribution < 1.29 is 19.1 Å². The van der Waals surface area contributed by atoms with Gasteiger partial charge in [-0.3, -0.25) is 14.4 Å². The first-order valence-corrected chi connectivity index (χ1v) is 9.99. The number of imide groups is 1. The number of halogens is 1. The molecule has 146 valence electrons. The molecule has 0 radical (unpaired) electrons. The van der Waals surface area contributed by atoms with E-state index in [9.17, 15) is 14.4 Å². The van der Waals surface area contributed by atoms with Gasteiger partial charge in [-0.05, 0) is 54.7 Å². The van der Waals surface area contributed by atoms with Gasteiger partial charge in [-0.2, -0.15) is 0 Å². The zero-order valence-electron chi connectivity index (χ0n) is 15.5. The summed E-state index contributed by atoms with van der Waals surface area (Å²) in [4.78, 5) is 39.8. The van der Waals surface area contributed by atoms with Gasteiger partial charge in [0.1, 0.15) is 5.75 Å². The average molecular weight is 408 g/mol. The van der Waals surface area contributed by atoms with Gasteiger partial charge in [0.2, 0.25) is 11.8 Å². The summed E-state index contributed by atoms with van der Waals surface area (Å²) in [5, 5.41) is 0.549. The van der Waals surface area contributed by atoms with Gasteiger partial charge >= 0.3 is 0 Å². The molecule has 1 saturated carbocycles. The third-order valence-corrected chi connectivity index (χ3v) is 6.35. The summed E-state index contributed by atoms with van der Waals surface area (Å²) in [6.07, 6.45) is 5.01. The molecule has 0 aromatic heterocycles. The highest BCUT2D eigenvalue weighted by Crippen LogP contribution is 2.53. The predicted octanol–water partition coefficient (Wildman–Crippen LogP) is 3.91. The van der Waals surface area contributed by atoms with Crippen molar-refractivity contribution in [1.29, 1.82) is 0 Å². The molecule has 0 unspecified atom stereocenters. The molecule has 2 aliphatic carbocycles. The van der Waals surface area contributed by atoms with E-state index in [0.29, 0.717) is 22.0 Å². The van der Waals surface area contributed by atoms with Gasteiger partial charge in [0.15, 0.2) is 12.4 Å². The standard InChI is InChI=1S/C23H18ClNO4/c24-16-9-7-13(8-10-16)18(26)12-29-19-4-2-1-3-17(19)25-22(27)20-14-5-6-15(11-14)21(20)23(25)28/h1-10,14-15,20-21H,11-12H2/t14-,15-,20+,21+/m0/s1. The lowest BCUT2D eigenvalue weighted by atomic mass is 9.85. The number of hydrogen-bond acceptors (Lipinski definition) is 4. The van der Waals surface area contributed by atoms with E-state index in [-0.39, 0.29) is 47.9 Å². The van der Waals surface area contributed by atoms with Crippen LogP contribution in [0.25, 0.3) is 0 Å². The van der Waals surface area contributed by atoms with Crippen molar-refractivity contribution in [3.63, 3.8) is 0 Å². The maximum Gasteiger partial charge on any atom is 0.238 e. The predicted molar refractivity (Wildman–Crippen MR) is 108 cm³/mol. The number of Topliss-reactive ketones (excluding diaryl/α,β-unsaturated/α-hetero) is 1. The number of carbonyl (C=O) groups is 3. The summed E-state index contributed by atoms with van der Waals surface area (Å²) in [7, 11) is 0. The fourth-order valence-electron chi connectivity index (χ4n) is 4.77. The van der Waals surface area contributed by atoms with Gasteiger partial charge in [-0.25, -0.2) is 4.90 Å². The first-order chi connectivity index (χ1) is 14.0. The monoisotopic (exact) mass is 407 g/mol. The molecule has 0 N–H and O–H groups in total. The van der Waals surface area contributed by atoms with E-state index in [0.717, 1.165) is 6.42 Å². The number of hydrogen-bond donors (Lipinski definition) is 0. The number of nitrogens with zero attached hydrogens (tertiary/aromatic N) is 1. The van der Waals surface area contributed by atoms with Crippen molar-refractivity contribution in [1.82, 2.24) is 0 Å². The molecule has 1 aliphatic heterocycles. The second-order valence-corrected chi connectivity index (χ2v) is 8.13. The molecule has 1 heterocycles. The molecule has 5 rings (SSSR count). The summed E-state index contributed by atoms with van der Waals surface area (Å²) in [6, 6.07) is 13.4. The van der Waals surface area contributed by atoms with Gasteiger partial charge < -0.3 is 4.74 Å². The Hall–Kier alpha value is -2.92. The Morgan fingerprint density at radius 2 is 1.59 bits per heavy atom. The Labute approximate surface area is 172 Å².